The fraction of sp³-hybridized carbons (Fsp3) is 0.125. The Morgan fingerprint density at radius 1 is 0.848 bits per heavy atom. The average Bonchev–Trinajstić information content (AvgIpc) is 2.84. The van der Waals surface area contributed by atoms with E-state index in [9.17, 15) is 13.2 Å². The molecule has 0 unspecified atom stereocenters. The third kappa shape index (κ3) is 4.63. The van der Waals surface area contributed by atoms with E-state index in [1.54, 1.807) is 24.3 Å². The number of para-hydroxylation sites is 1. The summed E-state index contributed by atoms with van der Waals surface area (Å²) < 4.78 is 44.5. The molecule has 0 atom stereocenters. The summed E-state index contributed by atoms with van der Waals surface area (Å²) in [6, 6.07) is 20.6. The zero-order chi connectivity index (χ0) is 23.4. The predicted octanol–water partition coefficient (Wildman–Crippen LogP) is 4.22. The monoisotopic (exact) mass is 466 g/mol. The minimum atomic E-state index is -4.15. The van der Waals surface area contributed by atoms with Gasteiger partial charge in [-0.05, 0) is 29.8 Å². The number of ether oxygens (including phenoxy) is 2. The van der Waals surface area contributed by atoms with Gasteiger partial charge in [0.2, 0.25) is 0 Å². The molecule has 0 saturated carbocycles. The summed E-state index contributed by atoms with van der Waals surface area (Å²) in [5, 5.41) is 3.76. The van der Waals surface area contributed by atoms with Crippen LogP contribution in [0.5, 0.6) is 11.5 Å². The van der Waals surface area contributed by atoms with Gasteiger partial charge in [0.05, 0.1) is 24.8 Å². The molecule has 0 fully saturated rings. The highest BCUT2D eigenvalue weighted by Crippen LogP contribution is 2.33. The van der Waals surface area contributed by atoms with Crippen molar-refractivity contribution in [3.8, 4) is 11.5 Å². The molecule has 0 aliphatic rings. The van der Waals surface area contributed by atoms with Gasteiger partial charge >= 0.3 is 5.63 Å². The van der Waals surface area contributed by atoms with E-state index in [4.69, 9.17) is 13.9 Å². The summed E-state index contributed by atoms with van der Waals surface area (Å²) in [4.78, 5) is 12.7. The van der Waals surface area contributed by atoms with Crippen LogP contribution in [-0.4, -0.2) is 22.6 Å². The van der Waals surface area contributed by atoms with Crippen LogP contribution in [0.2, 0.25) is 0 Å². The minimum Gasteiger partial charge on any atom is -0.493 e. The van der Waals surface area contributed by atoms with Gasteiger partial charge in [0.25, 0.3) is 10.0 Å². The zero-order valence-electron chi connectivity index (χ0n) is 18.0. The van der Waals surface area contributed by atoms with Crippen LogP contribution in [0.4, 0.5) is 11.4 Å². The van der Waals surface area contributed by atoms with Gasteiger partial charge in [-0.3, -0.25) is 4.72 Å². The highest BCUT2D eigenvalue weighted by atomic mass is 32.2. The van der Waals surface area contributed by atoms with Crippen molar-refractivity contribution in [1.82, 2.24) is 0 Å². The summed E-state index contributed by atoms with van der Waals surface area (Å²) in [7, 11) is -1.29. The summed E-state index contributed by atoms with van der Waals surface area (Å²) in [6.45, 7) is 0.374. The van der Waals surface area contributed by atoms with Crippen LogP contribution >= 0.6 is 0 Å². The Labute approximate surface area is 190 Å². The van der Waals surface area contributed by atoms with E-state index in [0.29, 0.717) is 29.0 Å². The minimum absolute atomic E-state index is 0.0956. The van der Waals surface area contributed by atoms with E-state index in [-0.39, 0.29) is 16.3 Å². The summed E-state index contributed by atoms with van der Waals surface area (Å²) in [5.41, 5.74) is 0.609. The van der Waals surface area contributed by atoms with Crippen molar-refractivity contribution in [2.45, 2.75) is 11.4 Å². The molecule has 0 aliphatic heterocycles. The lowest BCUT2D eigenvalue weighted by Gasteiger charge is -2.16. The van der Waals surface area contributed by atoms with E-state index in [2.05, 4.69) is 10.0 Å². The average molecular weight is 467 g/mol. The third-order valence-electron chi connectivity index (χ3n) is 5.03. The van der Waals surface area contributed by atoms with Crippen LogP contribution in [0.25, 0.3) is 11.0 Å². The van der Waals surface area contributed by atoms with E-state index in [1.807, 2.05) is 30.3 Å². The maximum atomic E-state index is 13.2. The molecule has 1 aromatic heterocycles. The predicted molar refractivity (Wildman–Crippen MR) is 127 cm³/mol. The van der Waals surface area contributed by atoms with Crippen LogP contribution in [0.1, 0.15) is 5.56 Å². The standard InChI is InChI=1S/C24H22N2O6S/c1-30-20-13-12-17(14-21(20)31-2)33(28,29)26-23-22(25-15-16-8-4-3-5-9-16)18-10-6-7-11-19(18)32-24(23)27/h3-14,25-26H,15H2,1-2H3. The van der Waals surface area contributed by atoms with Crippen LogP contribution in [0, 0.1) is 0 Å². The van der Waals surface area contributed by atoms with Crippen molar-refractivity contribution in [3.63, 3.8) is 0 Å². The van der Waals surface area contributed by atoms with Gasteiger partial charge in [0.1, 0.15) is 5.58 Å². The largest absolute Gasteiger partial charge is 0.493 e. The molecular formula is C24H22N2O6S. The molecule has 0 amide bonds. The molecule has 0 radical (unpaired) electrons. The fourth-order valence-electron chi connectivity index (χ4n) is 3.39. The first kappa shape index (κ1) is 22.2. The summed E-state index contributed by atoms with van der Waals surface area (Å²) in [6.07, 6.45) is 0. The smallest absolute Gasteiger partial charge is 0.363 e. The van der Waals surface area contributed by atoms with Crippen LogP contribution < -0.4 is 25.1 Å². The number of hydrogen-bond acceptors (Lipinski definition) is 7. The van der Waals surface area contributed by atoms with Crippen molar-refractivity contribution in [2.24, 2.45) is 0 Å². The summed E-state index contributed by atoms with van der Waals surface area (Å²) in [5.74, 6) is 0.625. The molecule has 0 saturated heterocycles. The number of anilines is 2. The highest BCUT2D eigenvalue weighted by Gasteiger charge is 2.23. The number of methoxy groups -OCH3 is 2. The number of nitrogens with one attached hydrogen (secondary N) is 2. The van der Waals surface area contributed by atoms with Crippen molar-refractivity contribution in [3.05, 3.63) is 88.8 Å². The number of sulfonamides is 1. The van der Waals surface area contributed by atoms with Crippen molar-refractivity contribution in [1.29, 1.82) is 0 Å². The second-order valence-corrected chi connectivity index (χ2v) is 8.78. The normalized spacial score (nSPS) is 11.2. The second kappa shape index (κ2) is 9.25. The zero-order valence-corrected chi connectivity index (χ0v) is 18.8. The maximum absolute atomic E-state index is 13.2. The van der Waals surface area contributed by atoms with Crippen LogP contribution in [0.3, 0.4) is 0 Å². The SMILES string of the molecule is COc1ccc(S(=O)(=O)Nc2c(NCc3ccccc3)c3ccccc3oc2=O)cc1OC. The molecule has 3 aromatic carbocycles. The van der Waals surface area contributed by atoms with Crippen LogP contribution in [0.15, 0.2) is 86.9 Å². The Balaban J connectivity index is 1.78. The molecule has 0 aliphatic carbocycles. The van der Waals surface area contributed by atoms with E-state index in [0.717, 1.165) is 5.56 Å². The Hall–Kier alpha value is -3.98. The molecule has 0 bridgehead atoms. The molecule has 33 heavy (non-hydrogen) atoms. The van der Waals surface area contributed by atoms with Gasteiger partial charge in [0.15, 0.2) is 17.2 Å². The number of fused-ring (bicyclic) bond motifs is 1. The molecular weight excluding hydrogens is 444 g/mol. The van der Waals surface area contributed by atoms with Crippen molar-refractivity contribution in [2.75, 3.05) is 24.3 Å². The van der Waals surface area contributed by atoms with Gasteiger partial charge in [-0.25, -0.2) is 13.2 Å². The molecule has 4 aromatic rings. The van der Waals surface area contributed by atoms with Gasteiger partial charge in [-0.15, -0.1) is 0 Å². The first-order valence-electron chi connectivity index (χ1n) is 10.0. The van der Waals surface area contributed by atoms with Gasteiger partial charge in [-0.1, -0.05) is 42.5 Å². The van der Waals surface area contributed by atoms with Crippen molar-refractivity contribution >= 4 is 32.4 Å². The molecule has 0 spiro atoms. The topological polar surface area (TPSA) is 107 Å². The number of hydrogen-bond donors (Lipinski definition) is 2. The maximum Gasteiger partial charge on any atom is 0.363 e. The first-order valence-corrected chi connectivity index (χ1v) is 11.5. The first-order chi connectivity index (χ1) is 15.9. The second-order valence-electron chi connectivity index (χ2n) is 7.10. The van der Waals surface area contributed by atoms with Gasteiger partial charge < -0.3 is 19.2 Å². The lowest BCUT2D eigenvalue weighted by molar-refractivity contribution is 0.354. The van der Waals surface area contributed by atoms with Gasteiger partial charge in [-0.2, -0.15) is 0 Å². The number of benzene rings is 3. The Morgan fingerprint density at radius 3 is 2.27 bits per heavy atom. The molecule has 9 heteroatoms. The van der Waals surface area contributed by atoms with E-state index < -0.39 is 15.6 Å². The van der Waals surface area contributed by atoms with E-state index in [1.165, 1.54) is 32.4 Å². The van der Waals surface area contributed by atoms with Crippen LogP contribution in [-0.2, 0) is 16.6 Å². The molecule has 8 nitrogen and oxygen atoms in total. The highest BCUT2D eigenvalue weighted by molar-refractivity contribution is 7.92. The van der Waals surface area contributed by atoms with Crippen molar-refractivity contribution < 1.29 is 22.3 Å². The van der Waals surface area contributed by atoms with E-state index >= 15 is 0 Å². The molecule has 4 rings (SSSR count). The molecule has 2 N–H and O–H groups in total. The quantitative estimate of drug-likeness (QED) is 0.374. The fourth-order valence-corrected chi connectivity index (χ4v) is 4.47. The Morgan fingerprint density at radius 2 is 1.55 bits per heavy atom. The van der Waals surface area contributed by atoms with Gasteiger partial charge in [0, 0.05) is 18.0 Å². The Kier molecular flexibility index (Phi) is 6.23. The molecule has 170 valence electrons. The number of rotatable bonds is 8. The lowest BCUT2D eigenvalue weighted by Crippen LogP contribution is -2.20. The molecule has 1 heterocycles. The Bertz CT molecular complexity index is 1450. The third-order valence-corrected chi connectivity index (χ3v) is 6.37. The summed E-state index contributed by atoms with van der Waals surface area (Å²) >= 11 is 0. The lowest BCUT2D eigenvalue weighted by atomic mass is 10.1.